The molecule has 1 aromatic heterocycles. The van der Waals surface area contributed by atoms with Crippen LogP contribution in [0.4, 0.5) is 5.69 Å². The van der Waals surface area contributed by atoms with E-state index in [0.29, 0.717) is 13.1 Å². The third kappa shape index (κ3) is 3.39. The van der Waals surface area contributed by atoms with Gasteiger partial charge in [0, 0.05) is 24.7 Å². The lowest BCUT2D eigenvalue weighted by Crippen LogP contribution is -2.18. The van der Waals surface area contributed by atoms with Crippen LogP contribution in [0.25, 0.3) is 0 Å². The molecule has 0 fully saturated rings. The van der Waals surface area contributed by atoms with Crippen LogP contribution in [-0.2, 0) is 13.1 Å². The van der Waals surface area contributed by atoms with E-state index in [1.165, 1.54) is 12.1 Å². The first-order chi connectivity index (χ1) is 9.58. The second kappa shape index (κ2) is 6.25. The molecular formula is C13H17N5O2. The molecule has 20 heavy (non-hydrogen) atoms. The molecule has 1 aromatic carbocycles. The normalized spacial score (nSPS) is 10.9. The summed E-state index contributed by atoms with van der Waals surface area (Å²) in [5.41, 5.74) is 1.10. The highest BCUT2D eigenvalue weighted by molar-refractivity contribution is 5.32. The number of aromatic nitrogens is 3. The summed E-state index contributed by atoms with van der Waals surface area (Å²) in [5.74, 6) is 0.877. The summed E-state index contributed by atoms with van der Waals surface area (Å²) in [4.78, 5) is 14.4. The van der Waals surface area contributed by atoms with E-state index < -0.39 is 4.92 Å². The van der Waals surface area contributed by atoms with Gasteiger partial charge in [-0.05, 0) is 19.4 Å². The summed E-state index contributed by atoms with van der Waals surface area (Å²) in [6.45, 7) is 5.33. The molecule has 0 radical (unpaired) electrons. The average molecular weight is 275 g/mol. The maximum absolute atomic E-state index is 10.6. The molecule has 0 aliphatic carbocycles. The van der Waals surface area contributed by atoms with E-state index in [2.05, 4.69) is 29.2 Å². The van der Waals surface area contributed by atoms with Crippen molar-refractivity contribution < 1.29 is 4.92 Å². The van der Waals surface area contributed by atoms with Crippen LogP contribution in [0.5, 0.6) is 0 Å². The van der Waals surface area contributed by atoms with Crippen molar-refractivity contribution in [1.29, 1.82) is 0 Å². The number of nitrogens with one attached hydrogen (secondary N) is 1. The Balaban J connectivity index is 1.89. The number of hydrogen-bond acceptors (Lipinski definition) is 5. The molecule has 7 nitrogen and oxygen atoms in total. The first-order valence-corrected chi connectivity index (χ1v) is 6.40. The lowest BCUT2D eigenvalue weighted by Gasteiger charge is -2.10. The zero-order valence-corrected chi connectivity index (χ0v) is 11.5. The maximum atomic E-state index is 10.6. The molecule has 7 heteroatoms. The molecule has 2 rings (SSSR count). The van der Waals surface area contributed by atoms with E-state index in [1.54, 1.807) is 18.5 Å². The first kappa shape index (κ1) is 14.1. The van der Waals surface area contributed by atoms with Crippen molar-refractivity contribution in [3.8, 4) is 0 Å². The van der Waals surface area contributed by atoms with Crippen LogP contribution < -0.4 is 5.32 Å². The van der Waals surface area contributed by atoms with Crippen molar-refractivity contribution in [2.24, 2.45) is 0 Å². The van der Waals surface area contributed by atoms with Gasteiger partial charge in [0.05, 0.1) is 11.5 Å². The van der Waals surface area contributed by atoms with Crippen molar-refractivity contribution in [1.82, 2.24) is 20.1 Å². The van der Waals surface area contributed by atoms with E-state index in [4.69, 9.17) is 0 Å². The maximum Gasteiger partial charge on any atom is 0.269 e. The van der Waals surface area contributed by atoms with Gasteiger partial charge in [0.25, 0.3) is 5.69 Å². The van der Waals surface area contributed by atoms with Gasteiger partial charge in [-0.25, -0.2) is 9.67 Å². The lowest BCUT2D eigenvalue weighted by atomic mass is 10.2. The minimum absolute atomic E-state index is 0.105. The van der Waals surface area contributed by atoms with Crippen molar-refractivity contribution in [2.75, 3.05) is 0 Å². The fourth-order valence-electron chi connectivity index (χ4n) is 1.89. The molecule has 0 spiro atoms. The second-order valence-corrected chi connectivity index (χ2v) is 4.74. The van der Waals surface area contributed by atoms with Crippen LogP contribution in [0.1, 0.15) is 31.3 Å². The highest BCUT2D eigenvalue weighted by atomic mass is 16.6. The molecule has 106 valence electrons. The first-order valence-electron chi connectivity index (χ1n) is 6.40. The summed E-state index contributed by atoms with van der Waals surface area (Å²) in [6.07, 6.45) is 1.54. The monoisotopic (exact) mass is 275 g/mol. The van der Waals surface area contributed by atoms with Crippen molar-refractivity contribution in [3.63, 3.8) is 0 Å². The van der Waals surface area contributed by atoms with Gasteiger partial charge in [0.1, 0.15) is 12.2 Å². The number of non-ortho nitro benzene ring substituents is 1. The summed E-state index contributed by atoms with van der Waals surface area (Å²) in [7, 11) is 0. The Hall–Kier alpha value is -2.28. The highest BCUT2D eigenvalue weighted by Crippen LogP contribution is 2.12. The van der Waals surface area contributed by atoms with Crippen molar-refractivity contribution in [2.45, 2.75) is 33.0 Å². The number of nitro groups is 1. The van der Waals surface area contributed by atoms with Gasteiger partial charge < -0.3 is 5.32 Å². The zero-order chi connectivity index (χ0) is 14.5. The van der Waals surface area contributed by atoms with Gasteiger partial charge >= 0.3 is 0 Å². The quantitative estimate of drug-likeness (QED) is 0.644. The Morgan fingerprint density at radius 1 is 1.30 bits per heavy atom. The molecule has 0 saturated carbocycles. The molecular weight excluding hydrogens is 258 g/mol. The molecule has 1 N–H and O–H groups in total. The molecule has 0 aliphatic heterocycles. The Bertz CT molecular complexity index is 577. The van der Waals surface area contributed by atoms with Crippen molar-refractivity contribution >= 4 is 5.69 Å². The molecule has 0 aliphatic rings. The van der Waals surface area contributed by atoms with Gasteiger partial charge in [0.2, 0.25) is 0 Å². The standard InChI is InChI=1S/C13H17N5O2/c1-10(2)17-13(15-9-16-17)8-14-7-11-3-5-12(6-4-11)18(19)20/h3-6,9-10,14H,7-8H2,1-2H3. The number of nitro benzene ring substituents is 1. The minimum atomic E-state index is -0.400. The third-order valence-corrected chi connectivity index (χ3v) is 2.90. The average Bonchev–Trinajstić information content (AvgIpc) is 2.88. The number of hydrogen-bond donors (Lipinski definition) is 1. The van der Waals surface area contributed by atoms with Crippen LogP contribution >= 0.6 is 0 Å². The Labute approximate surface area is 116 Å². The Morgan fingerprint density at radius 3 is 2.60 bits per heavy atom. The Kier molecular flexibility index (Phi) is 4.41. The summed E-state index contributed by atoms with van der Waals surface area (Å²) >= 11 is 0. The van der Waals surface area contributed by atoms with Gasteiger partial charge in [-0.1, -0.05) is 12.1 Å². The van der Waals surface area contributed by atoms with Gasteiger partial charge in [-0.15, -0.1) is 0 Å². The predicted molar refractivity (Wildman–Crippen MR) is 74.0 cm³/mol. The molecule has 0 atom stereocenters. The van der Waals surface area contributed by atoms with E-state index in [1.807, 2.05) is 4.68 Å². The molecule has 0 amide bonds. The van der Waals surface area contributed by atoms with Crippen molar-refractivity contribution in [3.05, 3.63) is 52.1 Å². The fourth-order valence-corrected chi connectivity index (χ4v) is 1.89. The lowest BCUT2D eigenvalue weighted by molar-refractivity contribution is -0.384. The SMILES string of the molecule is CC(C)n1ncnc1CNCc1ccc([N+](=O)[O-])cc1. The summed E-state index contributed by atoms with van der Waals surface area (Å²) in [5, 5.41) is 18.0. The van der Waals surface area contributed by atoms with E-state index in [0.717, 1.165) is 11.4 Å². The predicted octanol–water partition coefficient (Wildman–Crippen LogP) is 2.06. The van der Waals surface area contributed by atoms with Crippen LogP contribution in [-0.4, -0.2) is 19.7 Å². The molecule has 2 aromatic rings. The van der Waals surface area contributed by atoms with E-state index >= 15 is 0 Å². The number of rotatable bonds is 6. The smallest absolute Gasteiger partial charge is 0.269 e. The van der Waals surface area contributed by atoms with Crippen LogP contribution in [0.2, 0.25) is 0 Å². The third-order valence-electron chi connectivity index (χ3n) is 2.90. The van der Waals surface area contributed by atoms with Crippen LogP contribution in [0.15, 0.2) is 30.6 Å². The van der Waals surface area contributed by atoms with E-state index in [-0.39, 0.29) is 11.7 Å². The largest absolute Gasteiger partial charge is 0.306 e. The van der Waals surface area contributed by atoms with Crippen LogP contribution in [0.3, 0.4) is 0 Å². The van der Waals surface area contributed by atoms with E-state index in [9.17, 15) is 10.1 Å². The molecule has 1 heterocycles. The van der Waals surface area contributed by atoms with Gasteiger partial charge in [-0.2, -0.15) is 5.10 Å². The topological polar surface area (TPSA) is 85.9 Å². The minimum Gasteiger partial charge on any atom is -0.306 e. The second-order valence-electron chi connectivity index (χ2n) is 4.74. The number of benzene rings is 1. The summed E-state index contributed by atoms with van der Waals surface area (Å²) < 4.78 is 1.86. The van der Waals surface area contributed by atoms with Gasteiger partial charge in [0.15, 0.2) is 0 Å². The molecule has 0 unspecified atom stereocenters. The number of nitrogens with zero attached hydrogens (tertiary/aromatic N) is 4. The van der Waals surface area contributed by atoms with Crippen LogP contribution in [0, 0.1) is 10.1 Å². The molecule has 0 bridgehead atoms. The highest BCUT2D eigenvalue weighted by Gasteiger charge is 2.07. The molecule has 0 saturated heterocycles. The summed E-state index contributed by atoms with van der Waals surface area (Å²) in [6, 6.07) is 6.78. The fraction of sp³-hybridized carbons (Fsp3) is 0.385. The Morgan fingerprint density at radius 2 is 2.00 bits per heavy atom. The zero-order valence-electron chi connectivity index (χ0n) is 11.5. The van der Waals surface area contributed by atoms with Gasteiger partial charge in [-0.3, -0.25) is 10.1 Å².